The van der Waals surface area contributed by atoms with E-state index in [1.165, 1.54) is 12.6 Å². The SMILES string of the molecule is Cc1cc(Cl)ccc1OCCCNc1ncnc2ccc(S(C)(=O)=O)cc12. The summed E-state index contributed by atoms with van der Waals surface area (Å²) in [6.07, 6.45) is 3.39. The summed E-state index contributed by atoms with van der Waals surface area (Å²) in [5.41, 5.74) is 1.68. The molecule has 0 unspecified atom stereocenters. The molecule has 0 spiro atoms. The van der Waals surface area contributed by atoms with Crippen molar-refractivity contribution >= 4 is 38.2 Å². The van der Waals surface area contributed by atoms with Gasteiger partial charge >= 0.3 is 0 Å². The summed E-state index contributed by atoms with van der Waals surface area (Å²) >= 11 is 5.94. The van der Waals surface area contributed by atoms with Crippen LogP contribution in [0.15, 0.2) is 47.6 Å². The fraction of sp³-hybridized carbons (Fsp3) is 0.263. The Morgan fingerprint density at radius 1 is 1.15 bits per heavy atom. The van der Waals surface area contributed by atoms with Gasteiger partial charge in [-0.25, -0.2) is 18.4 Å². The second kappa shape index (κ2) is 8.10. The number of hydrogen-bond donors (Lipinski definition) is 1. The minimum absolute atomic E-state index is 0.245. The molecule has 8 heteroatoms. The maximum atomic E-state index is 11.8. The fourth-order valence-electron chi connectivity index (χ4n) is 2.64. The Morgan fingerprint density at radius 3 is 2.70 bits per heavy atom. The van der Waals surface area contributed by atoms with Gasteiger partial charge in [-0.1, -0.05) is 11.6 Å². The Balaban J connectivity index is 1.63. The number of fused-ring (bicyclic) bond motifs is 1. The average Bonchev–Trinajstić information content (AvgIpc) is 2.62. The smallest absolute Gasteiger partial charge is 0.175 e. The number of benzene rings is 2. The van der Waals surface area contributed by atoms with Crippen LogP contribution in [0, 0.1) is 6.92 Å². The van der Waals surface area contributed by atoms with E-state index in [9.17, 15) is 8.42 Å². The third kappa shape index (κ3) is 4.87. The number of ether oxygens (including phenoxy) is 1. The van der Waals surface area contributed by atoms with Gasteiger partial charge < -0.3 is 10.1 Å². The van der Waals surface area contributed by atoms with Crippen molar-refractivity contribution in [2.75, 3.05) is 24.7 Å². The van der Waals surface area contributed by atoms with Crippen molar-refractivity contribution in [3.05, 3.63) is 53.3 Å². The molecule has 0 aliphatic carbocycles. The summed E-state index contributed by atoms with van der Waals surface area (Å²) < 4.78 is 29.3. The van der Waals surface area contributed by atoms with Gasteiger partial charge in [0.1, 0.15) is 17.9 Å². The predicted molar refractivity (Wildman–Crippen MR) is 107 cm³/mol. The maximum absolute atomic E-state index is 11.8. The summed E-state index contributed by atoms with van der Waals surface area (Å²) in [4.78, 5) is 8.67. The molecular formula is C19H20ClN3O3S. The molecule has 0 aliphatic rings. The number of hydrogen-bond acceptors (Lipinski definition) is 6. The highest BCUT2D eigenvalue weighted by molar-refractivity contribution is 7.90. The van der Waals surface area contributed by atoms with Crippen LogP contribution >= 0.6 is 11.6 Å². The van der Waals surface area contributed by atoms with Crippen LogP contribution in [0.4, 0.5) is 5.82 Å². The third-order valence-electron chi connectivity index (χ3n) is 4.04. The Kier molecular flexibility index (Phi) is 5.82. The van der Waals surface area contributed by atoms with Gasteiger partial charge in [-0.05, 0) is 55.3 Å². The number of rotatable bonds is 7. The number of nitrogens with zero attached hydrogens (tertiary/aromatic N) is 2. The first kappa shape index (κ1) is 19.4. The first-order chi connectivity index (χ1) is 12.8. The van der Waals surface area contributed by atoms with E-state index in [1.807, 2.05) is 19.1 Å². The molecule has 0 amide bonds. The monoisotopic (exact) mass is 405 g/mol. The first-order valence-corrected chi connectivity index (χ1v) is 10.7. The number of anilines is 1. The Labute approximate surface area is 163 Å². The molecule has 0 fully saturated rings. The van der Waals surface area contributed by atoms with Crippen LogP contribution < -0.4 is 10.1 Å². The lowest BCUT2D eigenvalue weighted by atomic mass is 10.2. The van der Waals surface area contributed by atoms with Crippen molar-refractivity contribution in [2.24, 2.45) is 0 Å². The molecule has 0 aliphatic heterocycles. The minimum atomic E-state index is -3.29. The molecule has 6 nitrogen and oxygen atoms in total. The molecule has 3 rings (SSSR count). The van der Waals surface area contributed by atoms with Crippen molar-refractivity contribution in [2.45, 2.75) is 18.2 Å². The number of aromatic nitrogens is 2. The van der Waals surface area contributed by atoms with Crippen LogP contribution in [-0.4, -0.2) is 37.8 Å². The zero-order chi connectivity index (χ0) is 19.4. The topological polar surface area (TPSA) is 81.2 Å². The molecule has 0 radical (unpaired) electrons. The zero-order valence-corrected chi connectivity index (χ0v) is 16.6. The summed E-state index contributed by atoms with van der Waals surface area (Å²) in [5, 5.41) is 4.59. The standard InChI is InChI=1S/C19H20ClN3O3S/c1-13-10-14(20)4-7-18(13)26-9-3-8-21-19-16-11-15(27(2,24)25)5-6-17(16)22-12-23-19/h4-7,10-12H,3,8-9H2,1-2H3,(H,21,22,23). The molecule has 0 saturated carbocycles. The summed E-state index contributed by atoms with van der Waals surface area (Å²) in [5.74, 6) is 1.41. The predicted octanol–water partition coefficient (Wildman–Crippen LogP) is 3.88. The molecule has 142 valence electrons. The van der Waals surface area contributed by atoms with Crippen LogP contribution in [0.2, 0.25) is 5.02 Å². The number of sulfone groups is 1. The molecule has 0 bridgehead atoms. The van der Waals surface area contributed by atoms with Crippen molar-refractivity contribution in [3.63, 3.8) is 0 Å². The lowest BCUT2D eigenvalue weighted by Crippen LogP contribution is -2.09. The van der Waals surface area contributed by atoms with E-state index >= 15 is 0 Å². The van der Waals surface area contributed by atoms with Crippen molar-refractivity contribution in [3.8, 4) is 5.75 Å². The van der Waals surface area contributed by atoms with Crippen molar-refractivity contribution in [1.29, 1.82) is 0 Å². The van der Waals surface area contributed by atoms with Crippen LogP contribution in [0.3, 0.4) is 0 Å². The molecule has 1 aromatic heterocycles. The Bertz CT molecular complexity index is 1070. The molecule has 1 heterocycles. The lowest BCUT2D eigenvalue weighted by Gasteiger charge is -2.11. The van der Waals surface area contributed by atoms with Gasteiger partial charge in [-0.2, -0.15) is 0 Å². The molecule has 1 N–H and O–H groups in total. The summed E-state index contributed by atoms with van der Waals surface area (Å²) in [6.45, 7) is 3.11. The number of aryl methyl sites for hydroxylation is 1. The van der Waals surface area contributed by atoms with E-state index in [0.29, 0.717) is 34.9 Å². The number of nitrogens with one attached hydrogen (secondary N) is 1. The van der Waals surface area contributed by atoms with Gasteiger partial charge in [0.25, 0.3) is 0 Å². The Morgan fingerprint density at radius 2 is 1.96 bits per heavy atom. The zero-order valence-electron chi connectivity index (χ0n) is 15.1. The van der Waals surface area contributed by atoms with Crippen molar-refractivity contribution < 1.29 is 13.2 Å². The molecular weight excluding hydrogens is 386 g/mol. The van der Waals surface area contributed by atoms with Gasteiger partial charge in [0.15, 0.2) is 9.84 Å². The van der Waals surface area contributed by atoms with Gasteiger partial charge in [-0.15, -0.1) is 0 Å². The first-order valence-electron chi connectivity index (χ1n) is 8.42. The van der Waals surface area contributed by atoms with E-state index in [-0.39, 0.29) is 4.90 Å². The van der Waals surface area contributed by atoms with Gasteiger partial charge in [0.2, 0.25) is 0 Å². The normalized spacial score (nSPS) is 11.5. The number of halogens is 1. The molecule has 0 saturated heterocycles. The van der Waals surface area contributed by atoms with Crippen LogP contribution in [-0.2, 0) is 9.84 Å². The van der Waals surface area contributed by atoms with Crippen LogP contribution in [0.5, 0.6) is 5.75 Å². The summed E-state index contributed by atoms with van der Waals surface area (Å²) in [7, 11) is -3.29. The van der Waals surface area contributed by atoms with Gasteiger partial charge in [0, 0.05) is 23.2 Å². The van der Waals surface area contributed by atoms with E-state index in [2.05, 4.69) is 15.3 Å². The fourth-order valence-corrected chi connectivity index (χ4v) is 3.52. The Hall–Kier alpha value is -2.38. The highest BCUT2D eigenvalue weighted by Crippen LogP contribution is 2.23. The molecule has 27 heavy (non-hydrogen) atoms. The second-order valence-electron chi connectivity index (χ2n) is 6.21. The van der Waals surface area contributed by atoms with Crippen LogP contribution in [0.1, 0.15) is 12.0 Å². The lowest BCUT2D eigenvalue weighted by molar-refractivity contribution is 0.313. The van der Waals surface area contributed by atoms with Gasteiger partial charge in [0.05, 0.1) is 17.0 Å². The molecule has 0 atom stereocenters. The maximum Gasteiger partial charge on any atom is 0.175 e. The quantitative estimate of drug-likeness (QED) is 0.601. The average molecular weight is 406 g/mol. The second-order valence-corrected chi connectivity index (χ2v) is 8.66. The highest BCUT2D eigenvalue weighted by Gasteiger charge is 2.11. The van der Waals surface area contributed by atoms with E-state index in [4.69, 9.17) is 16.3 Å². The van der Waals surface area contributed by atoms with Crippen LogP contribution in [0.25, 0.3) is 10.9 Å². The third-order valence-corrected chi connectivity index (χ3v) is 5.39. The van der Waals surface area contributed by atoms with E-state index in [0.717, 1.165) is 17.7 Å². The largest absolute Gasteiger partial charge is 0.493 e. The molecule has 2 aromatic carbocycles. The van der Waals surface area contributed by atoms with E-state index in [1.54, 1.807) is 24.3 Å². The highest BCUT2D eigenvalue weighted by atomic mass is 35.5. The minimum Gasteiger partial charge on any atom is -0.493 e. The van der Waals surface area contributed by atoms with Gasteiger partial charge in [-0.3, -0.25) is 0 Å². The van der Waals surface area contributed by atoms with E-state index < -0.39 is 9.84 Å². The molecule has 3 aromatic rings. The van der Waals surface area contributed by atoms with Crippen molar-refractivity contribution in [1.82, 2.24) is 9.97 Å². The summed E-state index contributed by atoms with van der Waals surface area (Å²) in [6, 6.07) is 10.4.